The smallest absolute Gasteiger partial charge is 0.106 e. The lowest BCUT2D eigenvalue weighted by Crippen LogP contribution is -2.27. The number of nitrogens with two attached hydrogens (primary N) is 2. The van der Waals surface area contributed by atoms with Gasteiger partial charge in [-0.3, -0.25) is 0 Å². The van der Waals surface area contributed by atoms with E-state index in [1.54, 1.807) is 0 Å². The van der Waals surface area contributed by atoms with Gasteiger partial charge in [-0.2, -0.15) is 0 Å². The van der Waals surface area contributed by atoms with E-state index in [2.05, 4.69) is 6.92 Å². The Hall–Kier alpha value is -0.160. The summed E-state index contributed by atoms with van der Waals surface area (Å²) in [6.07, 6.45) is 4.94. The quantitative estimate of drug-likeness (QED) is 0.404. The lowest BCUT2D eigenvalue weighted by Gasteiger charge is -2.11. The molecule has 4 N–H and O–H groups in total. The van der Waals surface area contributed by atoms with Crippen LogP contribution in [0.5, 0.6) is 0 Å². The van der Waals surface area contributed by atoms with Crippen LogP contribution in [0, 0.1) is 0 Å². The second-order valence-electron chi connectivity index (χ2n) is 3.66. The van der Waals surface area contributed by atoms with Gasteiger partial charge in [-0.15, -0.1) is 0 Å². The molecule has 4 nitrogen and oxygen atoms in total. The molecule has 1 unspecified atom stereocenters. The fraction of sp³-hybridized carbons (Fsp3) is 1.00. The molecule has 1 atom stereocenters. The van der Waals surface area contributed by atoms with Crippen molar-refractivity contribution in [3.8, 4) is 0 Å². The van der Waals surface area contributed by atoms with Crippen molar-refractivity contribution in [2.45, 2.75) is 45.3 Å². The molecule has 92 valence electrons. The Morgan fingerprint density at radius 1 is 1.07 bits per heavy atom. The molecular formula is C11H26N2O2. The Bertz CT molecular complexity index is 123. The zero-order chi connectivity index (χ0) is 11.4. The minimum Gasteiger partial charge on any atom is -0.381 e. The second kappa shape index (κ2) is 11.9. The molecule has 0 radical (unpaired) electrons. The normalized spacial score (nSPS) is 13.0. The van der Waals surface area contributed by atoms with Gasteiger partial charge in [-0.1, -0.05) is 6.92 Å². The molecule has 0 aliphatic rings. The summed E-state index contributed by atoms with van der Waals surface area (Å²) in [6, 6.07) is 0. The van der Waals surface area contributed by atoms with E-state index in [0.717, 1.165) is 51.9 Å². The van der Waals surface area contributed by atoms with Gasteiger partial charge in [0.1, 0.15) is 6.23 Å². The van der Waals surface area contributed by atoms with Crippen molar-refractivity contribution in [1.82, 2.24) is 0 Å². The summed E-state index contributed by atoms with van der Waals surface area (Å²) in [6.45, 7) is 5.17. The van der Waals surface area contributed by atoms with Crippen LogP contribution in [0.25, 0.3) is 0 Å². The van der Waals surface area contributed by atoms with Crippen LogP contribution in [0.15, 0.2) is 0 Å². The minimum atomic E-state index is -0.189. The molecule has 4 heteroatoms. The van der Waals surface area contributed by atoms with Crippen LogP contribution < -0.4 is 11.5 Å². The molecule has 0 rings (SSSR count). The number of unbranched alkanes of at least 4 members (excludes halogenated alkanes) is 2. The highest BCUT2D eigenvalue weighted by Gasteiger charge is 1.99. The van der Waals surface area contributed by atoms with Crippen LogP contribution in [-0.4, -0.2) is 32.6 Å². The third-order valence-electron chi connectivity index (χ3n) is 2.06. The summed E-state index contributed by atoms with van der Waals surface area (Å²) in [4.78, 5) is 0. The highest BCUT2D eigenvalue weighted by Crippen LogP contribution is 1.99. The van der Waals surface area contributed by atoms with Crippen molar-refractivity contribution in [3.63, 3.8) is 0 Å². The van der Waals surface area contributed by atoms with E-state index in [0.29, 0.717) is 6.54 Å². The predicted octanol–water partition coefficient (Wildman–Crippen LogP) is 1.23. The number of hydrogen-bond donors (Lipinski definition) is 2. The van der Waals surface area contributed by atoms with E-state index >= 15 is 0 Å². The minimum absolute atomic E-state index is 0.189. The Morgan fingerprint density at radius 3 is 2.47 bits per heavy atom. The van der Waals surface area contributed by atoms with Crippen LogP contribution in [-0.2, 0) is 9.47 Å². The summed E-state index contributed by atoms with van der Waals surface area (Å²) in [7, 11) is 0. The molecule has 0 saturated carbocycles. The zero-order valence-electron chi connectivity index (χ0n) is 9.91. The predicted molar refractivity (Wildman–Crippen MR) is 62.6 cm³/mol. The molecule has 0 aliphatic heterocycles. The van der Waals surface area contributed by atoms with E-state index in [1.165, 1.54) is 0 Å². The Morgan fingerprint density at radius 2 is 1.80 bits per heavy atom. The molecule has 0 aromatic heterocycles. The van der Waals surface area contributed by atoms with Crippen LogP contribution >= 0.6 is 0 Å². The molecule has 0 amide bonds. The molecule has 0 fully saturated rings. The third kappa shape index (κ3) is 11.8. The number of ether oxygens (including phenoxy) is 2. The molecule has 0 aromatic rings. The average Bonchev–Trinajstić information content (AvgIpc) is 2.22. The van der Waals surface area contributed by atoms with E-state index in [4.69, 9.17) is 20.9 Å². The van der Waals surface area contributed by atoms with Crippen LogP contribution in [0.4, 0.5) is 0 Å². The fourth-order valence-electron chi connectivity index (χ4n) is 1.21. The summed E-state index contributed by atoms with van der Waals surface area (Å²) in [5.41, 5.74) is 11.0. The molecule has 0 spiro atoms. The summed E-state index contributed by atoms with van der Waals surface area (Å²) < 4.78 is 10.7. The van der Waals surface area contributed by atoms with E-state index < -0.39 is 0 Å². The highest BCUT2D eigenvalue weighted by molar-refractivity contribution is 4.49. The van der Waals surface area contributed by atoms with Crippen LogP contribution in [0.1, 0.15) is 39.0 Å². The Labute approximate surface area is 93.3 Å². The van der Waals surface area contributed by atoms with Gasteiger partial charge < -0.3 is 20.9 Å². The van der Waals surface area contributed by atoms with Gasteiger partial charge >= 0.3 is 0 Å². The molecule has 0 saturated heterocycles. The highest BCUT2D eigenvalue weighted by atomic mass is 16.5. The van der Waals surface area contributed by atoms with Crippen molar-refractivity contribution >= 4 is 0 Å². The van der Waals surface area contributed by atoms with Gasteiger partial charge in [0.25, 0.3) is 0 Å². The third-order valence-corrected chi connectivity index (χ3v) is 2.06. The Balaban J connectivity index is 2.98. The number of hydrogen-bond acceptors (Lipinski definition) is 4. The lowest BCUT2D eigenvalue weighted by atomic mass is 10.2. The summed E-state index contributed by atoms with van der Waals surface area (Å²) >= 11 is 0. The first-order valence-electron chi connectivity index (χ1n) is 5.96. The molecule has 15 heavy (non-hydrogen) atoms. The van der Waals surface area contributed by atoms with E-state index in [1.807, 2.05) is 0 Å². The van der Waals surface area contributed by atoms with E-state index in [-0.39, 0.29) is 6.23 Å². The maximum Gasteiger partial charge on any atom is 0.106 e. The van der Waals surface area contributed by atoms with Gasteiger partial charge in [0.15, 0.2) is 0 Å². The molecule has 0 bridgehead atoms. The van der Waals surface area contributed by atoms with Gasteiger partial charge in [0.05, 0.1) is 0 Å². The first-order valence-corrected chi connectivity index (χ1v) is 5.96. The van der Waals surface area contributed by atoms with Crippen molar-refractivity contribution < 1.29 is 9.47 Å². The van der Waals surface area contributed by atoms with Crippen LogP contribution in [0.2, 0.25) is 0 Å². The van der Waals surface area contributed by atoms with Crippen LogP contribution in [0.3, 0.4) is 0 Å². The summed E-state index contributed by atoms with van der Waals surface area (Å²) in [5, 5.41) is 0. The fourth-order valence-corrected chi connectivity index (χ4v) is 1.21. The van der Waals surface area contributed by atoms with Gasteiger partial charge in [-0.25, -0.2) is 0 Å². The van der Waals surface area contributed by atoms with Gasteiger partial charge in [0, 0.05) is 19.8 Å². The Kier molecular flexibility index (Phi) is 11.8. The van der Waals surface area contributed by atoms with Crippen molar-refractivity contribution in [2.75, 3.05) is 26.4 Å². The first-order chi connectivity index (χ1) is 7.31. The molecular weight excluding hydrogens is 192 g/mol. The maximum absolute atomic E-state index is 5.64. The van der Waals surface area contributed by atoms with Gasteiger partial charge in [-0.05, 0) is 38.6 Å². The summed E-state index contributed by atoms with van der Waals surface area (Å²) in [5.74, 6) is 0. The largest absolute Gasteiger partial charge is 0.381 e. The lowest BCUT2D eigenvalue weighted by molar-refractivity contribution is 0.0493. The molecule has 0 aliphatic carbocycles. The SMILES string of the molecule is CCCOCCCCCOC(N)CCN. The molecule has 0 heterocycles. The van der Waals surface area contributed by atoms with E-state index in [9.17, 15) is 0 Å². The maximum atomic E-state index is 5.64. The standard InChI is InChI=1S/C11H26N2O2/c1-2-8-14-9-4-3-5-10-15-11(13)6-7-12/h11H,2-10,12-13H2,1H3. The second-order valence-corrected chi connectivity index (χ2v) is 3.66. The van der Waals surface area contributed by atoms with Crippen molar-refractivity contribution in [2.24, 2.45) is 11.5 Å². The average molecular weight is 218 g/mol. The number of rotatable bonds is 11. The van der Waals surface area contributed by atoms with Crippen molar-refractivity contribution in [3.05, 3.63) is 0 Å². The van der Waals surface area contributed by atoms with Crippen molar-refractivity contribution in [1.29, 1.82) is 0 Å². The monoisotopic (exact) mass is 218 g/mol. The zero-order valence-corrected chi connectivity index (χ0v) is 9.91. The molecule has 0 aromatic carbocycles. The first kappa shape index (κ1) is 14.8. The van der Waals surface area contributed by atoms with Gasteiger partial charge in [0.2, 0.25) is 0 Å². The topological polar surface area (TPSA) is 70.5 Å².